The normalized spacial score (nSPS) is 11.4. The van der Waals surface area contributed by atoms with Crippen LogP contribution < -0.4 is 10.1 Å². The molecule has 4 rings (SSSR count). The highest BCUT2D eigenvalue weighted by molar-refractivity contribution is 5.92. The number of methoxy groups -OCH3 is 1. The van der Waals surface area contributed by atoms with E-state index in [0.29, 0.717) is 29.2 Å². The highest BCUT2D eigenvalue weighted by Crippen LogP contribution is 2.27. The summed E-state index contributed by atoms with van der Waals surface area (Å²) < 4.78 is 34.3. The van der Waals surface area contributed by atoms with Crippen LogP contribution >= 0.6 is 0 Å². The molecule has 2 aromatic carbocycles. The van der Waals surface area contributed by atoms with Crippen LogP contribution in [0.15, 0.2) is 67.1 Å². The number of carbonyl (C=O) groups excluding carboxylic acids is 1. The second-order valence-electron chi connectivity index (χ2n) is 8.95. The number of halogens is 2. The van der Waals surface area contributed by atoms with Crippen LogP contribution in [0.2, 0.25) is 0 Å². The zero-order valence-electron chi connectivity index (χ0n) is 20.0. The number of nitrogens with zero attached hydrogens (tertiary/aromatic N) is 3. The van der Waals surface area contributed by atoms with Crippen molar-refractivity contribution in [3.05, 3.63) is 95.7 Å². The summed E-state index contributed by atoms with van der Waals surface area (Å²) in [5.74, 6) is -1.24. The highest BCUT2D eigenvalue weighted by atomic mass is 19.1. The minimum absolute atomic E-state index is 0.238. The fourth-order valence-corrected chi connectivity index (χ4v) is 3.79. The molecule has 0 radical (unpaired) electrons. The van der Waals surface area contributed by atoms with Gasteiger partial charge in [-0.1, -0.05) is 38.1 Å². The number of aryl methyl sites for hydroxylation is 1. The molecule has 0 bridgehead atoms. The Labute approximate surface area is 202 Å². The third-order valence-corrected chi connectivity index (χ3v) is 5.81. The first-order valence-electron chi connectivity index (χ1n) is 11.1. The molecule has 0 saturated heterocycles. The minimum Gasteiger partial charge on any atom is -0.479 e. The van der Waals surface area contributed by atoms with Gasteiger partial charge in [0.15, 0.2) is 0 Å². The minimum atomic E-state index is -0.620. The lowest BCUT2D eigenvalue weighted by Gasteiger charge is -2.26. The lowest BCUT2D eigenvalue weighted by atomic mass is 9.84. The van der Waals surface area contributed by atoms with E-state index in [-0.39, 0.29) is 11.6 Å². The Hall–Kier alpha value is -4.07. The van der Waals surface area contributed by atoms with Gasteiger partial charge in [-0.15, -0.1) is 0 Å². The summed E-state index contributed by atoms with van der Waals surface area (Å²) in [7, 11) is 1.50. The molecule has 35 heavy (non-hydrogen) atoms. The summed E-state index contributed by atoms with van der Waals surface area (Å²) in [4.78, 5) is 21.4. The van der Waals surface area contributed by atoms with E-state index in [1.807, 2.05) is 51.2 Å². The molecule has 0 aliphatic carbocycles. The van der Waals surface area contributed by atoms with Crippen LogP contribution in [0, 0.1) is 18.6 Å². The first kappa shape index (κ1) is 24.1. The molecule has 6 nitrogen and oxygen atoms in total. The number of pyridine rings is 1. The molecule has 4 aromatic rings. The van der Waals surface area contributed by atoms with Crippen LogP contribution in [0.1, 0.15) is 35.6 Å². The standard InChI is InChI=1S/C27H26F2N4O2/c1-17-14-33(16-31-17)24-10-9-23(32-26(24)35-4)25(34)30-15-27(2,3)20-7-5-18(6-8-20)19-11-21(28)13-22(29)12-19/h5-14,16H,15H2,1-4H3,(H,30,34). The van der Waals surface area contributed by atoms with Crippen LogP contribution in [0.25, 0.3) is 16.8 Å². The lowest BCUT2D eigenvalue weighted by molar-refractivity contribution is 0.0940. The van der Waals surface area contributed by atoms with Gasteiger partial charge in [0.2, 0.25) is 5.88 Å². The number of hydrogen-bond donors (Lipinski definition) is 1. The third-order valence-electron chi connectivity index (χ3n) is 5.81. The summed E-state index contributed by atoms with van der Waals surface area (Å²) in [6, 6.07) is 14.3. The number of rotatable bonds is 7. The molecule has 0 aliphatic rings. The van der Waals surface area contributed by atoms with Gasteiger partial charge in [-0.2, -0.15) is 0 Å². The van der Waals surface area contributed by atoms with E-state index in [2.05, 4.69) is 15.3 Å². The largest absolute Gasteiger partial charge is 0.479 e. The third kappa shape index (κ3) is 5.37. The zero-order chi connectivity index (χ0) is 25.2. The lowest BCUT2D eigenvalue weighted by Crippen LogP contribution is -2.37. The summed E-state index contributed by atoms with van der Waals surface area (Å²) in [6.07, 6.45) is 3.51. The van der Waals surface area contributed by atoms with Gasteiger partial charge in [-0.05, 0) is 47.9 Å². The van der Waals surface area contributed by atoms with Gasteiger partial charge >= 0.3 is 0 Å². The van der Waals surface area contributed by atoms with Gasteiger partial charge < -0.3 is 14.6 Å². The van der Waals surface area contributed by atoms with Gasteiger partial charge in [0, 0.05) is 24.2 Å². The molecule has 0 atom stereocenters. The predicted octanol–water partition coefficient (Wildman–Crippen LogP) is 5.24. The Bertz CT molecular complexity index is 1340. The van der Waals surface area contributed by atoms with Gasteiger partial charge in [-0.25, -0.2) is 18.7 Å². The Morgan fingerprint density at radius 3 is 2.31 bits per heavy atom. The molecule has 180 valence electrons. The number of imidazole rings is 1. The summed E-state index contributed by atoms with van der Waals surface area (Å²) in [5, 5.41) is 2.94. The van der Waals surface area contributed by atoms with Crippen LogP contribution in [0.5, 0.6) is 5.88 Å². The topological polar surface area (TPSA) is 69.0 Å². The second-order valence-corrected chi connectivity index (χ2v) is 8.95. The molecule has 1 amide bonds. The van der Waals surface area contributed by atoms with Crippen LogP contribution in [0.3, 0.4) is 0 Å². The quantitative estimate of drug-likeness (QED) is 0.396. The maximum atomic E-state index is 13.6. The molecule has 2 aromatic heterocycles. The van der Waals surface area contributed by atoms with E-state index < -0.39 is 17.0 Å². The van der Waals surface area contributed by atoms with Crippen molar-refractivity contribution in [1.29, 1.82) is 0 Å². The molecule has 0 spiro atoms. The first-order valence-corrected chi connectivity index (χ1v) is 11.1. The monoisotopic (exact) mass is 476 g/mol. The number of aromatic nitrogens is 3. The van der Waals surface area contributed by atoms with Crippen LogP contribution in [-0.2, 0) is 5.41 Å². The molecule has 1 N–H and O–H groups in total. The van der Waals surface area contributed by atoms with E-state index in [9.17, 15) is 13.6 Å². The summed E-state index contributed by atoms with van der Waals surface area (Å²) in [6.45, 7) is 6.24. The molecular weight excluding hydrogens is 450 g/mol. The molecule has 8 heteroatoms. The summed E-state index contributed by atoms with van der Waals surface area (Å²) in [5.41, 5.74) is 3.51. The average Bonchev–Trinajstić information content (AvgIpc) is 3.27. The van der Waals surface area contributed by atoms with Gasteiger partial charge in [0.05, 0.1) is 19.1 Å². The number of benzene rings is 2. The maximum absolute atomic E-state index is 13.6. The SMILES string of the molecule is COc1nc(C(=O)NCC(C)(C)c2ccc(-c3cc(F)cc(F)c3)cc2)ccc1-n1cnc(C)c1. The number of nitrogens with one attached hydrogen (secondary N) is 1. The Morgan fingerprint density at radius 2 is 1.71 bits per heavy atom. The predicted molar refractivity (Wildman–Crippen MR) is 130 cm³/mol. The smallest absolute Gasteiger partial charge is 0.270 e. The van der Waals surface area contributed by atoms with Crippen molar-refractivity contribution in [2.24, 2.45) is 0 Å². The van der Waals surface area contributed by atoms with Crippen molar-refractivity contribution in [3.8, 4) is 22.7 Å². The van der Waals surface area contributed by atoms with Crippen molar-refractivity contribution >= 4 is 5.91 Å². The van der Waals surface area contributed by atoms with Gasteiger partial charge in [0.1, 0.15) is 23.0 Å². The molecule has 0 saturated carbocycles. The fraction of sp³-hybridized carbons (Fsp3) is 0.222. The molecule has 0 unspecified atom stereocenters. The fourth-order valence-electron chi connectivity index (χ4n) is 3.79. The van der Waals surface area contributed by atoms with E-state index in [1.165, 1.54) is 19.2 Å². The average molecular weight is 477 g/mol. The summed E-state index contributed by atoms with van der Waals surface area (Å²) >= 11 is 0. The second kappa shape index (κ2) is 9.66. The number of hydrogen-bond acceptors (Lipinski definition) is 4. The number of carbonyl (C=O) groups is 1. The molecular formula is C27H26F2N4O2. The molecule has 2 heterocycles. The van der Waals surface area contributed by atoms with Crippen LogP contribution in [0.4, 0.5) is 8.78 Å². The first-order chi connectivity index (χ1) is 16.7. The Kier molecular flexibility index (Phi) is 6.64. The van der Waals surface area contributed by atoms with Crippen molar-refractivity contribution in [3.63, 3.8) is 0 Å². The maximum Gasteiger partial charge on any atom is 0.270 e. The van der Waals surface area contributed by atoms with E-state index in [1.54, 1.807) is 23.0 Å². The van der Waals surface area contributed by atoms with E-state index >= 15 is 0 Å². The van der Waals surface area contributed by atoms with Crippen molar-refractivity contribution < 1.29 is 18.3 Å². The van der Waals surface area contributed by atoms with Gasteiger partial charge in [0.25, 0.3) is 5.91 Å². The number of ether oxygens (including phenoxy) is 1. The van der Waals surface area contributed by atoms with Crippen molar-refractivity contribution in [2.75, 3.05) is 13.7 Å². The molecule has 0 aliphatic heterocycles. The Balaban J connectivity index is 1.46. The van der Waals surface area contributed by atoms with Crippen LogP contribution in [-0.4, -0.2) is 34.1 Å². The Morgan fingerprint density at radius 1 is 1.03 bits per heavy atom. The number of amides is 1. The van der Waals surface area contributed by atoms with E-state index in [0.717, 1.165) is 17.3 Å². The highest BCUT2D eigenvalue weighted by Gasteiger charge is 2.23. The van der Waals surface area contributed by atoms with E-state index in [4.69, 9.17) is 4.74 Å². The molecule has 0 fully saturated rings. The van der Waals surface area contributed by atoms with Crippen molar-refractivity contribution in [1.82, 2.24) is 19.9 Å². The van der Waals surface area contributed by atoms with Crippen molar-refractivity contribution in [2.45, 2.75) is 26.2 Å². The zero-order valence-corrected chi connectivity index (χ0v) is 20.0. The van der Waals surface area contributed by atoms with Gasteiger partial charge in [-0.3, -0.25) is 4.79 Å².